The van der Waals surface area contributed by atoms with Crippen molar-refractivity contribution < 1.29 is 14.1 Å². The van der Waals surface area contributed by atoms with Crippen LogP contribution >= 0.6 is 11.3 Å². The van der Waals surface area contributed by atoms with Gasteiger partial charge in [0.15, 0.2) is 5.78 Å². The fraction of sp³-hybridized carbons (Fsp3) is 0.500. The molecule has 0 radical (unpaired) electrons. The molecule has 6 heteroatoms. The highest BCUT2D eigenvalue weighted by atomic mass is 32.1. The summed E-state index contributed by atoms with van der Waals surface area (Å²) < 4.78 is 5.20. The molecule has 0 bridgehead atoms. The predicted octanol–water partition coefficient (Wildman–Crippen LogP) is 3.95. The SMILES string of the molecule is O=C(Nc1sc2c(c1C(=O)C1CC1)CCC2)c1cc(C2CC2)no1. The second-order valence-electron chi connectivity index (χ2n) is 7.04. The van der Waals surface area contributed by atoms with Crippen molar-refractivity contribution in [3.05, 3.63) is 33.5 Å². The molecule has 3 aliphatic rings. The lowest BCUT2D eigenvalue weighted by Crippen LogP contribution is -2.14. The van der Waals surface area contributed by atoms with Crippen LogP contribution in [0.15, 0.2) is 10.6 Å². The van der Waals surface area contributed by atoms with Crippen LogP contribution in [0.5, 0.6) is 0 Å². The number of fused-ring (bicyclic) bond motifs is 1. The summed E-state index contributed by atoms with van der Waals surface area (Å²) in [4.78, 5) is 26.5. The Morgan fingerprint density at radius 1 is 1.21 bits per heavy atom. The lowest BCUT2D eigenvalue weighted by atomic mass is 10.0. The molecule has 2 aromatic rings. The topological polar surface area (TPSA) is 72.2 Å². The zero-order valence-electron chi connectivity index (χ0n) is 13.3. The quantitative estimate of drug-likeness (QED) is 0.835. The monoisotopic (exact) mass is 342 g/mol. The van der Waals surface area contributed by atoms with Gasteiger partial charge in [-0.05, 0) is 50.5 Å². The summed E-state index contributed by atoms with van der Waals surface area (Å²) in [5, 5.41) is 7.60. The molecule has 5 rings (SSSR count). The Morgan fingerprint density at radius 3 is 2.79 bits per heavy atom. The summed E-state index contributed by atoms with van der Waals surface area (Å²) in [6, 6.07) is 1.73. The first kappa shape index (κ1) is 14.4. The first-order valence-electron chi connectivity index (χ1n) is 8.67. The lowest BCUT2D eigenvalue weighted by molar-refractivity contribution is 0.0968. The van der Waals surface area contributed by atoms with E-state index in [0.29, 0.717) is 10.9 Å². The van der Waals surface area contributed by atoms with Gasteiger partial charge in [-0.2, -0.15) is 0 Å². The maximum atomic E-state index is 12.7. The number of carbonyl (C=O) groups excluding carboxylic acids is 2. The van der Waals surface area contributed by atoms with Crippen LogP contribution in [-0.4, -0.2) is 16.8 Å². The Bertz CT molecular complexity index is 843. The lowest BCUT2D eigenvalue weighted by Gasteiger charge is -2.06. The van der Waals surface area contributed by atoms with E-state index in [0.717, 1.165) is 56.2 Å². The molecule has 24 heavy (non-hydrogen) atoms. The third-order valence-electron chi connectivity index (χ3n) is 5.09. The molecule has 0 atom stereocenters. The molecule has 0 aliphatic heterocycles. The molecule has 1 N–H and O–H groups in total. The van der Waals surface area contributed by atoms with Crippen molar-refractivity contribution in [1.82, 2.24) is 5.16 Å². The minimum absolute atomic E-state index is 0.159. The number of nitrogens with one attached hydrogen (secondary N) is 1. The highest BCUT2D eigenvalue weighted by Crippen LogP contribution is 2.44. The number of Topliss-reactive ketones (excluding diaryl/α,β-unsaturated/α-hetero) is 1. The molecule has 0 aromatic carbocycles. The molecule has 0 unspecified atom stereocenters. The molecule has 2 fully saturated rings. The van der Waals surface area contributed by atoms with Gasteiger partial charge in [0.05, 0.1) is 11.3 Å². The van der Waals surface area contributed by atoms with E-state index in [2.05, 4.69) is 10.5 Å². The number of anilines is 1. The summed E-state index contributed by atoms with van der Waals surface area (Å²) in [5.41, 5.74) is 2.80. The third-order valence-corrected chi connectivity index (χ3v) is 6.30. The second kappa shape index (κ2) is 5.28. The summed E-state index contributed by atoms with van der Waals surface area (Å²) in [6.45, 7) is 0. The number of aryl methyl sites for hydroxylation is 1. The zero-order valence-corrected chi connectivity index (χ0v) is 14.1. The van der Waals surface area contributed by atoms with Crippen molar-refractivity contribution >= 4 is 28.0 Å². The molecule has 1 amide bonds. The van der Waals surface area contributed by atoms with Gasteiger partial charge in [0.2, 0.25) is 5.76 Å². The van der Waals surface area contributed by atoms with Crippen molar-refractivity contribution in [1.29, 1.82) is 0 Å². The average Bonchev–Trinajstić information content (AvgIpc) is 3.47. The summed E-state index contributed by atoms with van der Waals surface area (Å²) in [7, 11) is 0. The molecular formula is C18H18N2O3S. The van der Waals surface area contributed by atoms with Gasteiger partial charge in [0.1, 0.15) is 5.00 Å². The molecule has 2 saturated carbocycles. The number of thiophene rings is 1. The second-order valence-corrected chi connectivity index (χ2v) is 8.15. The van der Waals surface area contributed by atoms with E-state index in [1.165, 1.54) is 10.4 Å². The number of hydrogen-bond acceptors (Lipinski definition) is 5. The van der Waals surface area contributed by atoms with Gasteiger partial charge in [0.25, 0.3) is 5.91 Å². The Hall–Kier alpha value is -1.95. The van der Waals surface area contributed by atoms with Gasteiger partial charge in [-0.1, -0.05) is 5.16 Å². The van der Waals surface area contributed by atoms with Crippen LogP contribution < -0.4 is 5.32 Å². The number of hydrogen-bond donors (Lipinski definition) is 1. The Kier molecular flexibility index (Phi) is 3.16. The number of carbonyl (C=O) groups is 2. The molecule has 0 saturated heterocycles. The molecule has 3 aliphatic carbocycles. The zero-order chi connectivity index (χ0) is 16.3. The van der Waals surface area contributed by atoms with Crippen molar-refractivity contribution in [3.8, 4) is 0 Å². The summed E-state index contributed by atoms with van der Waals surface area (Å²) in [6.07, 6.45) is 7.25. The maximum Gasteiger partial charge on any atom is 0.294 e. The smallest absolute Gasteiger partial charge is 0.294 e. The van der Waals surface area contributed by atoms with Gasteiger partial charge < -0.3 is 9.84 Å². The van der Waals surface area contributed by atoms with Crippen molar-refractivity contribution in [3.63, 3.8) is 0 Å². The molecular weight excluding hydrogens is 324 g/mol. The van der Waals surface area contributed by atoms with Gasteiger partial charge in [0, 0.05) is 22.8 Å². The van der Waals surface area contributed by atoms with E-state index < -0.39 is 0 Å². The van der Waals surface area contributed by atoms with E-state index in [1.807, 2.05) is 0 Å². The molecule has 5 nitrogen and oxygen atoms in total. The van der Waals surface area contributed by atoms with E-state index in [-0.39, 0.29) is 23.4 Å². The number of nitrogens with zero attached hydrogens (tertiary/aromatic N) is 1. The van der Waals surface area contributed by atoms with Crippen LogP contribution in [0.3, 0.4) is 0 Å². The highest BCUT2D eigenvalue weighted by Gasteiger charge is 2.36. The van der Waals surface area contributed by atoms with Gasteiger partial charge in [-0.15, -0.1) is 11.3 Å². The molecule has 0 spiro atoms. The fourth-order valence-electron chi connectivity index (χ4n) is 3.43. The largest absolute Gasteiger partial charge is 0.351 e. The van der Waals surface area contributed by atoms with Gasteiger partial charge in [-0.25, -0.2) is 0 Å². The number of rotatable bonds is 5. The maximum absolute atomic E-state index is 12.7. The first-order valence-corrected chi connectivity index (χ1v) is 9.49. The van der Waals surface area contributed by atoms with Crippen molar-refractivity contribution in [2.45, 2.75) is 50.9 Å². The van der Waals surface area contributed by atoms with Crippen LogP contribution in [0, 0.1) is 5.92 Å². The van der Waals surface area contributed by atoms with Crippen molar-refractivity contribution in [2.75, 3.05) is 5.32 Å². The van der Waals surface area contributed by atoms with E-state index in [9.17, 15) is 9.59 Å². The standard InChI is InChI=1S/C18H18N2O3S/c21-16(10-6-7-10)15-11-2-1-3-14(11)24-18(15)19-17(22)13-8-12(20-23-13)9-4-5-9/h8-10H,1-7H2,(H,19,22). The van der Waals surface area contributed by atoms with Crippen molar-refractivity contribution in [2.24, 2.45) is 5.92 Å². The number of amides is 1. The van der Waals surface area contributed by atoms with Gasteiger partial charge in [-0.3, -0.25) is 9.59 Å². The minimum Gasteiger partial charge on any atom is -0.351 e. The normalized spacial score (nSPS) is 19.3. The van der Waals surface area contributed by atoms with E-state index >= 15 is 0 Å². The highest BCUT2D eigenvalue weighted by molar-refractivity contribution is 7.17. The Balaban J connectivity index is 1.43. The first-order chi connectivity index (χ1) is 11.7. The van der Waals surface area contributed by atoms with Crippen LogP contribution in [0.2, 0.25) is 0 Å². The molecule has 2 heterocycles. The van der Waals surface area contributed by atoms with Crippen LogP contribution in [-0.2, 0) is 12.8 Å². The number of aromatic nitrogens is 1. The van der Waals surface area contributed by atoms with Gasteiger partial charge >= 0.3 is 0 Å². The van der Waals surface area contributed by atoms with Crippen LogP contribution in [0.1, 0.15) is 75.1 Å². The Morgan fingerprint density at radius 2 is 2.04 bits per heavy atom. The summed E-state index contributed by atoms with van der Waals surface area (Å²) in [5.74, 6) is 0.745. The third kappa shape index (κ3) is 2.40. The Labute approximate surface area is 143 Å². The van der Waals surface area contributed by atoms with Crippen LogP contribution in [0.25, 0.3) is 0 Å². The minimum atomic E-state index is -0.306. The molecule has 2 aromatic heterocycles. The van der Waals surface area contributed by atoms with E-state index in [1.54, 1.807) is 17.4 Å². The molecule has 124 valence electrons. The predicted molar refractivity (Wildman–Crippen MR) is 89.8 cm³/mol. The van der Waals surface area contributed by atoms with Crippen LogP contribution in [0.4, 0.5) is 5.00 Å². The average molecular weight is 342 g/mol. The fourth-order valence-corrected chi connectivity index (χ4v) is 4.72. The summed E-state index contributed by atoms with van der Waals surface area (Å²) >= 11 is 1.56. The van der Waals surface area contributed by atoms with E-state index in [4.69, 9.17) is 4.52 Å². The number of ketones is 1.